The number of fused-ring (bicyclic) bond motifs is 2. The number of ether oxygens (including phenoxy) is 4. The summed E-state index contributed by atoms with van der Waals surface area (Å²) in [5.41, 5.74) is 9.60. The van der Waals surface area contributed by atoms with E-state index in [1.165, 1.54) is 0 Å². The predicted molar refractivity (Wildman–Crippen MR) is 112 cm³/mol. The number of rotatable bonds is 5. The van der Waals surface area contributed by atoms with Crippen LogP contribution in [0.5, 0.6) is 23.1 Å². The molecule has 8 heteroatoms. The molecule has 0 radical (unpaired) electrons. The summed E-state index contributed by atoms with van der Waals surface area (Å²) >= 11 is 0. The summed E-state index contributed by atoms with van der Waals surface area (Å²) in [6.07, 6.45) is 0.940. The molecular weight excluding hydrogens is 396 g/mol. The van der Waals surface area contributed by atoms with Crippen LogP contribution in [0.15, 0.2) is 53.9 Å². The second-order valence-electron chi connectivity index (χ2n) is 7.23. The highest BCUT2D eigenvalue weighted by molar-refractivity contribution is 5.71. The fourth-order valence-electron chi connectivity index (χ4n) is 3.83. The van der Waals surface area contributed by atoms with Gasteiger partial charge in [-0.1, -0.05) is 13.0 Å². The van der Waals surface area contributed by atoms with Gasteiger partial charge in [-0.05, 0) is 48.4 Å². The Balaban J connectivity index is 1.60. The van der Waals surface area contributed by atoms with Gasteiger partial charge in [0, 0.05) is 5.56 Å². The Morgan fingerprint density at radius 2 is 2.00 bits per heavy atom. The first-order valence-electron chi connectivity index (χ1n) is 9.98. The second kappa shape index (κ2) is 7.61. The molecule has 156 valence electrons. The lowest BCUT2D eigenvalue weighted by atomic mass is 9.83. The highest BCUT2D eigenvalue weighted by atomic mass is 16.7. The number of benzene rings is 2. The minimum atomic E-state index is -0.465. The van der Waals surface area contributed by atoms with Gasteiger partial charge < -0.3 is 24.7 Å². The van der Waals surface area contributed by atoms with Crippen LogP contribution < -0.4 is 24.7 Å². The molecule has 0 saturated heterocycles. The Kier molecular flexibility index (Phi) is 4.64. The number of hydrogen-bond donors (Lipinski definition) is 2. The molecule has 0 amide bonds. The lowest BCUT2D eigenvalue weighted by Gasteiger charge is -2.24. The molecule has 0 fully saturated rings. The molecule has 1 atom stereocenters. The van der Waals surface area contributed by atoms with E-state index in [1.807, 2.05) is 42.5 Å². The Hall–Kier alpha value is -4.12. The van der Waals surface area contributed by atoms with Crippen molar-refractivity contribution < 1.29 is 18.9 Å². The van der Waals surface area contributed by atoms with Crippen LogP contribution in [0.1, 0.15) is 30.4 Å². The molecular formula is C23H20N4O4. The Bertz CT molecular complexity index is 1210. The highest BCUT2D eigenvalue weighted by Crippen LogP contribution is 2.47. The largest absolute Gasteiger partial charge is 0.494 e. The van der Waals surface area contributed by atoms with Crippen LogP contribution in [0, 0.1) is 11.3 Å². The van der Waals surface area contributed by atoms with E-state index in [9.17, 15) is 5.26 Å². The molecule has 1 unspecified atom stereocenters. The molecule has 8 nitrogen and oxygen atoms in total. The predicted octanol–water partition coefficient (Wildman–Crippen LogP) is 3.81. The van der Waals surface area contributed by atoms with Gasteiger partial charge in [-0.3, -0.25) is 5.10 Å². The number of allylic oxidation sites excluding steroid dienone is 1. The first kappa shape index (κ1) is 18.9. The monoisotopic (exact) mass is 416 g/mol. The van der Waals surface area contributed by atoms with Crippen molar-refractivity contribution >= 4 is 0 Å². The van der Waals surface area contributed by atoms with Crippen molar-refractivity contribution in [1.82, 2.24) is 10.2 Å². The quantitative estimate of drug-likeness (QED) is 0.650. The van der Waals surface area contributed by atoms with Gasteiger partial charge in [-0.25, -0.2) is 0 Å². The van der Waals surface area contributed by atoms with Gasteiger partial charge in [-0.15, -0.1) is 5.10 Å². The van der Waals surface area contributed by atoms with Gasteiger partial charge in [0.2, 0.25) is 18.6 Å². The molecule has 31 heavy (non-hydrogen) atoms. The summed E-state index contributed by atoms with van der Waals surface area (Å²) in [4.78, 5) is 0. The second-order valence-corrected chi connectivity index (χ2v) is 7.23. The number of hydrogen-bond acceptors (Lipinski definition) is 7. The number of nitrogens with zero attached hydrogens (tertiary/aromatic N) is 2. The number of nitrogens with one attached hydrogen (secondary N) is 1. The number of nitriles is 1. The molecule has 1 aromatic heterocycles. The zero-order valence-electron chi connectivity index (χ0n) is 16.8. The molecule has 3 aromatic rings. The van der Waals surface area contributed by atoms with Crippen LogP contribution in [0.2, 0.25) is 0 Å². The van der Waals surface area contributed by atoms with E-state index in [4.69, 9.17) is 24.7 Å². The van der Waals surface area contributed by atoms with Crippen molar-refractivity contribution in [3.8, 4) is 40.5 Å². The van der Waals surface area contributed by atoms with Crippen molar-refractivity contribution in [2.75, 3.05) is 13.4 Å². The molecule has 5 rings (SSSR count). The van der Waals surface area contributed by atoms with E-state index >= 15 is 0 Å². The summed E-state index contributed by atoms with van der Waals surface area (Å²) in [6, 6.07) is 15.5. The molecule has 0 saturated carbocycles. The molecule has 2 aliphatic heterocycles. The third-order valence-corrected chi connectivity index (χ3v) is 5.28. The van der Waals surface area contributed by atoms with Crippen molar-refractivity contribution in [1.29, 1.82) is 5.26 Å². The summed E-state index contributed by atoms with van der Waals surface area (Å²) in [6.45, 7) is 2.90. The minimum Gasteiger partial charge on any atom is -0.494 e. The van der Waals surface area contributed by atoms with Crippen LogP contribution in [-0.4, -0.2) is 23.6 Å². The van der Waals surface area contributed by atoms with Crippen LogP contribution in [0.25, 0.3) is 11.3 Å². The van der Waals surface area contributed by atoms with Gasteiger partial charge in [0.25, 0.3) is 0 Å². The molecule has 2 aliphatic rings. The lowest BCUT2D eigenvalue weighted by Crippen LogP contribution is -2.21. The maximum atomic E-state index is 9.86. The molecule has 3 N–H and O–H groups in total. The number of aromatic nitrogens is 2. The van der Waals surface area contributed by atoms with E-state index in [1.54, 1.807) is 0 Å². The first-order chi connectivity index (χ1) is 15.2. The van der Waals surface area contributed by atoms with E-state index < -0.39 is 5.92 Å². The molecule has 0 bridgehead atoms. The Morgan fingerprint density at radius 1 is 1.19 bits per heavy atom. The standard InChI is InChI=1S/C23H20N4O4/c1-2-9-28-15-6-3-13(4-7-15)21-20-19(14-5-8-17-18(10-14)30-12-29-17)16(11-24)22(25)31-23(20)27-26-21/h3-8,10,19H,2,9,12,25H2,1H3,(H,26,27). The SMILES string of the molecule is CCCOc1ccc(-c2[nH]nc3c2C(c2ccc4c(c2)OCO4)C(C#N)=C(N)O3)cc1. The van der Waals surface area contributed by atoms with E-state index in [0.717, 1.165) is 34.6 Å². The van der Waals surface area contributed by atoms with Crippen molar-refractivity contribution in [2.24, 2.45) is 5.73 Å². The number of aromatic amines is 1. The summed E-state index contributed by atoms with van der Waals surface area (Å²) in [7, 11) is 0. The number of nitrogens with two attached hydrogens (primary N) is 1. The topological polar surface area (TPSA) is 115 Å². The average Bonchev–Trinajstić information content (AvgIpc) is 3.43. The van der Waals surface area contributed by atoms with Crippen LogP contribution in [-0.2, 0) is 0 Å². The molecule has 0 aliphatic carbocycles. The maximum absolute atomic E-state index is 9.86. The Labute approximate surface area is 178 Å². The van der Waals surface area contributed by atoms with Gasteiger partial charge in [0.05, 0.1) is 23.8 Å². The number of H-pyrrole nitrogens is 1. The zero-order valence-corrected chi connectivity index (χ0v) is 16.8. The Morgan fingerprint density at radius 3 is 2.77 bits per heavy atom. The van der Waals surface area contributed by atoms with Crippen LogP contribution in [0.4, 0.5) is 0 Å². The van der Waals surface area contributed by atoms with Crippen molar-refractivity contribution in [3.63, 3.8) is 0 Å². The normalized spacial score (nSPS) is 16.5. The fourth-order valence-corrected chi connectivity index (χ4v) is 3.83. The third kappa shape index (κ3) is 3.20. The zero-order chi connectivity index (χ0) is 21.4. The third-order valence-electron chi connectivity index (χ3n) is 5.28. The summed E-state index contributed by atoms with van der Waals surface area (Å²) in [5.74, 6) is 2.02. The average molecular weight is 416 g/mol. The van der Waals surface area contributed by atoms with E-state index in [2.05, 4.69) is 23.2 Å². The highest BCUT2D eigenvalue weighted by Gasteiger charge is 2.36. The van der Waals surface area contributed by atoms with Crippen LogP contribution >= 0.6 is 0 Å². The summed E-state index contributed by atoms with van der Waals surface area (Å²) in [5, 5.41) is 17.2. The first-order valence-corrected chi connectivity index (χ1v) is 9.98. The van der Waals surface area contributed by atoms with E-state index in [0.29, 0.717) is 29.6 Å². The van der Waals surface area contributed by atoms with Crippen molar-refractivity contribution in [3.05, 3.63) is 65.0 Å². The van der Waals surface area contributed by atoms with E-state index in [-0.39, 0.29) is 12.7 Å². The van der Waals surface area contributed by atoms with Gasteiger partial charge in [0.15, 0.2) is 11.5 Å². The summed E-state index contributed by atoms with van der Waals surface area (Å²) < 4.78 is 22.3. The molecule has 0 spiro atoms. The minimum absolute atomic E-state index is 0.0408. The molecule has 2 aromatic carbocycles. The van der Waals surface area contributed by atoms with Gasteiger partial charge in [-0.2, -0.15) is 5.26 Å². The van der Waals surface area contributed by atoms with Gasteiger partial charge in [0.1, 0.15) is 17.4 Å². The van der Waals surface area contributed by atoms with Crippen molar-refractivity contribution in [2.45, 2.75) is 19.3 Å². The smallest absolute Gasteiger partial charge is 0.244 e. The molecule has 3 heterocycles. The fraction of sp³-hybridized carbons (Fsp3) is 0.217. The van der Waals surface area contributed by atoms with Gasteiger partial charge >= 0.3 is 0 Å². The lowest BCUT2D eigenvalue weighted by molar-refractivity contribution is 0.174. The maximum Gasteiger partial charge on any atom is 0.244 e. The van der Waals surface area contributed by atoms with Crippen LogP contribution in [0.3, 0.4) is 0 Å².